The summed E-state index contributed by atoms with van der Waals surface area (Å²) >= 11 is 9.64. The molecule has 0 saturated heterocycles. The quantitative estimate of drug-likeness (QED) is 0.337. The number of alkyl halides is 1. The van der Waals surface area contributed by atoms with Gasteiger partial charge in [-0.25, -0.2) is 0 Å². The van der Waals surface area contributed by atoms with Gasteiger partial charge in [0.2, 0.25) is 0 Å². The lowest BCUT2D eigenvalue weighted by atomic mass is 10.2. The van der Waals surface area contributed by atoms with Crippen LogP contribution in [-0.4, -0.2) is 24.8 Å². The van der Waals surface area contributed by atoms with Crippen molar-refractivity contribution in [3.63, 3.8) is 0 Å². The lowest BCUT2D eigenvalue weighted by Crippen LogP contribution is -2.25. The predicted octanol–water partition coefficient (Wildman–Crippen LogP) is 3.39. The van der Waals surface area contributed by atoms with Crippen molar-refractivity contribution in [2.75, 3.05) is 6.61 Å². The van der Waals surface area contributed by atoms with Crippen molar-refractivity contribution >= 4 is 40.4 Å². The van der Waals surface area contributed by atoms with Crippen LogP contribution in [-0.2, 0) is 9.53 Å². The van der Waals surface area contributed by atoms with E-state index in [0.29, 0.717) is 6.61 Å². The van der Waals surface area contributed by atoms with Gasteiger partial charge in [0.15, 0.2) is 7.38 Å². The molecule has 84 valence electrons. The summed E-state index contributed by atoms with van der Waals surface area (Å²) in [6.07, 6.45) is 0. The summed E-state index contributed by atoms with van der Waals surface area (Å²) in [6.45, 7) is 8.22. The Morgan fingerprint density at radius 3 is 2.36 bits per heavy atom. The van der Waals surface area contributed by atoms with Gasteiger partial charge in [0.1, 0.15) is 6.61 Å². The molecule has 0 aliphatic heterocycles. The van der Waals surface area contributed by atoms with Crippen LogP contribution >= 0.6 is 27.0 Å². The molecule has 1 atom stereocenters. The molecule has 0 aromatic heterocycles. The average molecular weight is 302 g/mol. The van der Waals surface area contributed by atoms with Crippen molar-refractivity contribution in [2.24, 2.45) is 5.92 Å². The first-order valence-corrected chi connectivity index (χ1v) is 9.85. The highest BCUT2D eigenvalue weighted by Crippen LogP contribution is 2.21. The third-order valence-corrected chi connectivity index (χ3v) is 4.70. The highest BCUT2D eigenvalue weighted by atomic mass is 79.9. The maximum Gasteiger partial charge on any atom is 0.308 e. The van der Waals surface area contributed by atoms with E-state index in [9.17, 15) is 4.79 Å². The molecule has 0 spiro atoms. The lowest BCUT2D eigenvalue weighted by Gasteiger charge is -2.18. The van der Waals surface area contributed by atoms with Crippen LogP contribution in [0.2, 0.25) is 19.1 Å². The van der Waals surface area contributed by atoms with Gasteiger partial charge in [0.25, 0.3) is 0 Å². The first-order chi connectivity index (χ1) is 6.22. The monoisotopic (exact) mass is 300 g/mol. The van der Waals surface area contributed by atoms with Crippen molar-refractivity contribution in [2.45, 2.75) is 37.8 Å². The van der Waals surface area contributed by atoms with Crippen LogP contribution in [0.4, 0.5) is 0 Å². The summed E-state index contributed by atoms with van der Waals surface area (Å²) in [7, 11) is -1.59. The Kier molecular flexibility index (Phi) is 6.33. The molecular formula is C9H18BrClO2Si. The van der Waals surface area contributed by atoms with Gasteiger partial charge in [-0.1, -0.05) is 42.9 Å². The van der Waals surface area contributed by atoms with E-state index in [0.717, 1.165) is 6.04 Å². The Labute approximate surface area is 100 Å². The standard InChI is InChI=1S/C9H18BrClO2Si/c1-7(2)9(12)13-5-8(10)6-14(3,4)11/h7-8H,5-6H2,1-4H3. The topological polar surface area (TPSA) is 26.3 Å². The molecule has 5 heteroatoms. The molecule has 1 unspecified atom stereocenters. The minimum Gasteiger partial charge on any atom is -0.464 e. The van der Waals surface area contributed by atoms with Gasteiger partial charge in [-0.15, -0.1) is 0 Å². The average Bonchev–Trinajstić information content (AvgIpc) is 1.96. The SMILES string of the molecule is CC(C)C(=O)OCC(Br)C[Si](C)(C)Cl. The predicted molar refractivity (Wildman–Crippen MR) is 66.7 cm³/mol. The van der Waals surface area contributed by atoms with E-state index in [2.05, 4.69) is 29.0 Å². The molecule has 0 bridgehead atoms. The van der Waals surface area contributed by atoms with Crippen LogP contribution in [0.1, 0.15) is 13.8 Å². The zero-order chi connectivity index (χ0) is 11.4. The number of hydrogen-bond donors (Lipinski definition) is 0. The third kappa shape index (κ3) is 7.82. The molecule has 0 amide bonds. The van der Waals surface area contributed by atoms with Crippen LogP contribution in [0, 0.1) is 5.92 Å². The molecule has 0 rings (SSSR count). The lowest BCUT2D eigenvalue weighted by molar-refractivity contribution is -0.147. The highest BCUT2D eigenvalue weighted by molar-refractivity contribution is 9.09. The van der Waals surface area contributed by atoms with Gasteiger partial charge in [-0.2, -0.15) is 11.1 Å². The van der Waals surface area contributed by atoms with Crippen LogP contribution in [0.25, 0.3) is 0 Å². The van der Waals surface area contributed by atoms with Gasteiger partial charge >= 0.3 is 5.97 Å². The zero-order valence-corrected chi connectivity index (χ0v) is 12.5. The molecule has 0 heterocycles. The summed E-state index contributed by atoms with van der Waals surface area (Å²) in [5.41, 5.74) is 0. The van der Waals surface area contributed by atoms with Crippen molar-refractivity contribution in [1.29, 1.82) is 0 Å². The number of halogens is 2. The van der Waals surface area contributed by atoms with Crippen LogP contribution in [0.15, 0.2) is 0 Å². The number of hydrogen-bond acceptors (Lipinski definition) is 2. The van der Waals surface area contributed by atoms with Gasteiger partial charge in [0, 0.05) is 4.83 Å². The Morgan fingerprint density at radius 1 is 1.50 bits per heavy atom. The van der Waals surface area contributed by atoms with Crippen molar-refractivity contribution < 1.29 is 9.53 Å². The van der Waals surface area contributed by atoms with E-state index >= 15 is 0 Å². The van der Waals surface area contributed by atoms with E-state index in [4.69, 9.17) is 15.8 Å². The summed E-state index contributed by atoms with van der Waals surface area (Å²) in [6, 6.07) is 0.903. The van der Waals surface area contributed by atoms with Crippen molar-refractivity contribution in [3.05, 3.63) is 0 Å². The maximum atomic E-state index is 11.1. The second kappa shape index (κ2) is 6.13. The molecule has 0 aromatic rings. The molecule has 14 heavy (non-hydrogen) atoms. The number of carbonyl (C=O) groups is 1. The van der Waals surface area contributed by atoms with Crippen molar-refractivity contribution in [3.8, 4) is 0 Å². The summed E-state index contributed by atoms with van der Waals surface area (Å²) in [5, 5.41) is 0. The number of ether oxygens (including phenoxy) is 1. The normalized spacial score (nSPS) is 14.2. The number of rotatable bonds is 5. The molecule has 0 aromatic carbocycles. The molecule has 0 saturated carbocycles. The van der Waals surface area contributed by atoms with Crippen LogP contribution in [0.5, 0.6) is 0 Å². The smallest absolute Gasteiger partial charge is 0.308 e. The largest absolute Gasteiger partial charge is 0.464 e. The third-order valence-electron chi connectivity index (χ3n) is 1.58. The van der Waals surface area contributed by atoms with Crippen molar-refractivity contribution in [1.82, 2.24) is 0 Å². The second-order valence-corrected chi connectivity index (χ2v) is 12.5. The number of carbonyl (C=O) groups excluding carboxylic acids is 1. The van der Waals surface area contributed by atoms with Gasteiger partial charge in [-0.05, 0) is 6.04 Å². The first kappa shape index (κ1) is 14.5. The first-order valence-electron chi connectivity index (χ1n) is 4.72. The van der Waals surface area contributed by atoms with E-state index < -0.39 is 7.38 Å². The minimum absolute atomic E-state index is 0.0593. The highest BCUT2D eigenvalue weighted by Gasteiger charge is 2.22. The molecule has 0 fully saturated rings. The fraction of sp³-hybridized carbons (Fsp3) is 0.889. The molecular weight excluding hydrogens is 284 g/mol. The minimum atomic E-state index is -1.59. The molecule has 0 aliphatic carbocycles. The summed E-state index contributed by atoms with van der Waals surface area (Å²) < 4.78 is 5.09. The molecule has 0 aliphatic rings. The van der Waals surface area contributed by atoms with Gasteiger partial charge in [-0.3, -0.25) is 4.79 Å². The molecule has 0 N–H and O–H groups in total. The van der Waals surface area contributed by atoms with Crippen LogP contribution in [0.3, 0.4) is 0 Å². The molecule has 2 nitrogen and oxygen atoms in total. The van der Waals surface area contributed by atoms with Crippen LogP contribution < -0.4 is 0 Å². The molecule has 0 radical (unpaired) electrons. The Balaban J connectivity index is 3.75. The van der Waals surface area contributed by atoms with E-state index in [-0.39, 0.29) is 16.7 Å². The summed E-state index contributed by atoms with van der Waals surface area (Å²) in [5.74, 6) is -0.209. The van der Waals surface area contributed by atoms with E-state index in [1.54, 1.807) is 0 Å². The zero-order valence-electron chi connectivity index (χ0n) is 9.14. The van der Waals surface area contributed by atoms with Gasteiger partial charge < -0.3 is 4.74 Å². The second-order valence-electron chi connectivity index (χ2n) is 4.30. The summed E-state index contributed by atoms with van der Waals surface area (Å²) in [4.78, 5) is 11.3. The fourth-order valence-electron chi connectivity index (χ4n) is 0.925. The maximum absolute atomic E-state index is 11.1. The Hall–Kier alpha value is 0.457. The van der Waals surface area contributed by atoms with E-state index in [1.165, 1.54) is 0 Å². The van der Waals surface area contributed by atoms with Gasteiger partial charge in [0.05, 0.1) is 5.92 Å². The van der Waals surface area contributed by atoms with E-state index in [1.807, 2.05) is 13.8 Å². The number of esters is 1. The fourth-order valence-corrected chi connectivity index (χ4v) is 5.77. The Morgan fingerprint density at radius 2 is 2.00 bits per heavy atom. The Bertz CT molecular complexity index is 192.